The molecule has 0 saturated carbocycles. The minimum absolute atomic E-state index is 0. The van der Waals surface area contributed by atoms with E-state index in [0.29, 0.717) is 13.2 Å². The molecule has 0 fully saturated rings. The molecule has 0 atom stereocenters. The highest BCUT2D eigenvalue weighted by Crippen LogP contribution is 2.05. The average molecular weight is 333 g/mol. The molecule has 1 aromatic heterocycles. The Morgan fingerprint density at radius 2 is 1.89 bits per heavy atom. The van der Waals surface area contributed by atoms with E-state index in [-0.39, 0.29) is 23.0 Å². The maximum Gasteiger partial charge on any atom is 0.348 e. The molecule has 0 N–H and O–H groups in total. The summed E-state index contributed by atoms with van der Waals surface area (Å²) < 4.78 is 8.92. The van der Waals surface area contributed by atoms with Gasteiger partial charge in [-0.1, -0.05) is 39.0 Å². The van der Waals surface area contributed by atoms with Crippen LogP contribution in [-0.2, 0) is 23.1 Å². The smallest absolute Gasteiger partial charge is 0.348 e. The second-order valence-electron chi connectivity index (χ2n) is 4.74. The topological polar surface area (TPSA) is 35.1 Å². The molecule has 5 heteroatoms. The average Bonchev–Trinajstić information content (AvgIpc) is 2.73. The summed E-state index contributed by atoms with van der Waals surface area (Å²) in [4.78, 5) is 11.5. The fourth-order valence-electron chi connectivity index (χ4n) is 1.86. The molecule has 4 nitrogen and oxygen atoms in total. The van der Waals surface area contributed by atoms with Crippen molar-refractivity contribution in [3.05, 3.63) is 18.7 Å². The number of rotatable bonds is 9. The molecule has 0 unspecified atom stereocenters. The first kappa shape index (κ1) is 18.2. The predicted octanol–water partition coefficient (Wildman–Crippen LogP) is -0.780. The van der Waals surface area contributed by atoms with Gasteiger partial charge in [0.05, 0.1) is 13.7 Å². The van der Waals surface area contributed by atoms with Crippen molar-refractivity contribution < 1.29 is 31.1 Å². The van der Waals surface area contributed by atoms with E-state index < -0.39 is 0 Å². The highest BCUT2D eigenvalue weighted by Gasteiger charge is 2.08. The first-order valence-corrected chi connectivity index (χ1v) is 6.89. The van der Waals surface area contributed by atoms with Crippen LogP contribution in [0.15, 0.2) is 18.7 Å². The summed E-state index contributed by atoms with van der Waals surface area (Å²) >= 11 is 0. The van der Waals surface area contributed by atoms with Crippen LogP contribution in [0, 0.1) is 0 Å². The summed E-state index contributed by atoms with van der Waals surface area (Å²) in [6.45, 7) is 3.07. The van der Waals surface area contributed by atoms with Gasteiger partial charge in [-0.05, 0) is 6.42 Å². The molecule has 0 spiro atoms. The van der Waals surface area contributed by atoms with E-state index in [0.717, 1.165) is 12.8 Å². The lowest BCUT2D eigenvalue weighted by Crippen LogP contribution is -3.00. The molecule has 0 saturated heterocycles. The number of imidazole rings is 1. The Hall–Kier alpha value is -0.840. The van der Waals surface area contributed by atoms with Crippen LogP contribution in [0.4, 0.5) is 0 Å². The Balaban J connectivity index is 0.00000324. The molecular weight excluding hydrogens is 308 g/mol. The molecule has 0 radical (unpaired) electrons. The van der Waals surface area contributed by atoms with Gasteiger partial charge in [-0.15, -0.1) is 0 Å². The number of aromatic nitrogens is 2. The standard InChI is InChI=1S/C14H25N2O2.BrH/c1-3-4-5-6-7-8-11-18-14(17)12-16-10-9-15(2)13-16;/h9-10,13H,3-8,11-12H2,1-2H3;1H/q+1;/p-1. The van der Waals surface area contributed by atoms with Gasteiger partial charge in [-0.25, -0.2) is 13.9 Å². The second kappa shape index (κ2) is 11.0. The van der Waals surface area contributed by atoms with Crippen molar-refractivity contribution in [2.24, 2.45) is 7.05 Å². The van der Waals surface area contributed by atoms with Crippen LogP contribution >= 0.6 is 0 Å². The molecule has 110 valence electrons. The largest absolute Gasteiger partial charge is 1.00 e. The van der Waals surface area contributed by atoms with Gasteiger partial charge in [0, 0.05) is 0 Å². The lowest BCUT2D eigenvalue weighted by molar-refractivity contribution is -0.671. The summed E-state index contributed by atoms with van der Waals surface area (Å²) in [6.07, 6.45) is 12.9. The van der Waals surface area contributed by atoms with E-state index in [1.807, 2.05) is 34.9 Å². The molecule has 1 aromatic rings. The summed E-state index contributed by atoms with van der Waals surface area (Å²) in [5, 5.41) is 0. The van der Waals surface area contributed by atoms with Crippen molar-refractivity contribution in [2.45, 2.75) is 52.0 Å². The van der Waals surface area contributed by atoms with Crippen LogP contribution in [0.5, 0.6) is 0 Å². The molecule has 19 heavy (non-hydrogen) atoms. The number of aryl methyl sites for hydroxylation is 1. The fourth-order valence-corrected chi connectivity index (χ4v) is 1.86. The molecule has 0 bridgehead atoms. The van der Waals surface area contributed by atoms with E-state index in [1.165, 1.54) is 25.7 Å². The number of unbranched alkanes of at least 4 members (excludes halogenated alkanes) is 5. The zero-order chi connectivity index (χ0) is 13.2. The summed E-state index contributed by atoms with van der Waals surface area (Å²) in [7, 11) is 1.93. The van der Waals surface area contributed by atoms with Gasteiger partial charge in [0.2, 0.25) is 6.33 Å². The maximum atomic E-state index is 11.5. The van der Waals surface area contributed by atoms with Crippen molar-refractivity contribution in [2.75, 3.05) is 6.61 Å². The lowest BCUT2D eigenvalue weighted by atomic mass is 10.1. The van der Waals surface area contributed by atoms with Crippen LogP contribution in [-0.4, -0.2) is 17.1 Å². The zero-order valence-corrected chi connectivity index (χ0v) is 13.6. The van der Waals surface area contributed by atoms with Crippen molar-refractivity contribution in [1.29, 1.82) is 0 Å². The van der Waals surface area contributed by atoms with E-state index >= 15 is 0 Å². The molecule has 0 aliphatic heterocycles. The third kappa shape index (κ3) is 8.81. The van der Waals surface area contributed by atoms with Crippen LogP contribution in [0.3, 0.4) is 0 Å². The fraction of sp³-hybridized carbons (Fsp3) is 0.714. The lowest BCUT2D eigenvalue weighted by Gasteiger charge is -2.03. The third-order valence-corrected chi connectivity index (χ3v) is 2.90. The Bertz CT molecular complexity index is 353. The number of carbonyl (C=O) groups is 1. The molecule has 1 heterocycles. The maximum absolute atomic E-state index is 11.5. The van der Waals surface area contributed by atoms with Gasteiger partial charge in [-0.3, -0.25) is 0 Å². The molecule has 0 aliphatic rings. The van der Waals surface area contributed by atoms with Crippen molar-refractivity contribution in [3.8, 4) is 0 Å². The van der Waals surface area contributed by atoms with E-state index in [4.69, 9.17) is 4.74 Å². The summed E-state index contributed by atoms with van der Waals surface area (Å²) in [5.41, 5.74) is 0. The summed E-state index contributed by atoms with van der Waals surface area (Å²) in [5.74, 6) is -0.153. The van der Waals surface area contributed by atoms with Gasteiger partial charge < -0.3 is 21.7 Å². The number of ether oxygens (including phenoxy) is 1. The number of esters is 1. The number of carbonyl (C=O) groups excluding carboxylic acids is 1. The SMILES string of the molecule is CCCCCCCCOC(=O)Cn1cc[n+](C)c1.[Br-]. The highest BCUT2D eigenvalue weighted by molar-refractivity contribution is 5.69. The number of hydrogen-bond acceptors (Lipinski definition) is 2. The number of halogens is 1. The van der Waals surface area contributed by atoms with Gasteiger partial charge >= 0.3 is 5.97 Å². The monoisotopic (exact) mass is 332 g/mol. The van der Waals surface area contributed by atoms with Crippen LogP contribution < -0.4 is 21.5 Å². The summed E-state index contributed by atoms with van der Waals surface area (Å²) in [6, 6.07) is 0. The first-order valence-electron chi connectivity index (χ1n) is 6.89. The van der Waals surface area contributed by atoms with Crippen molar-refractivity contribution in [3.63, 3.8) is 0 Å². The van der Waals surface area contributed by atoms with Gasteiger partial charge in [0.15, 0.2) is 6.54 Å². The molecule has 0 aromatic carbocycles. The van der Waals surface area contributed by atoms with Crippen molar-refractivity contribution in [1.82, 2.24) is 4.57 Å². The van der Waals surface area contributed by atoms with Gasteiger partial charge in [-0.2, -0.15) is 0 Å². The molecular formula is C14H25BrN2O2. The normalized spacial score (nSPS) is 10.0. The Morgan fingerprint density at radius 3 is 2.53 bits per heavy atom. The third-order valence-electron chi connectivity index (χ3n) is 2.90. The Morgan fingerprint density at radius 1 is 1.21 bits per heavy atom. The molecule has 0 amide bonds. The van der Waals surface area contributed by atoms with Gasteiger partial charge in [0.25, 0.3) is 0 Å². The van der Waals surface area contributed by atoms with Gasteiger partial charge in [0.1, 0.15) is 12.4 Å². The minimum atomic E-state index is -0.153. The van der Waals surface area contributed by atoms with Crippen LogP contribution in [0.25, 0.3) is 0 Å². The van der Waals surface area contributed by atoms with E-state index in [1.54, 1.807) is 0 Å². The minimum Gasteiger partial charge on any atom is -1.00 e. The Kier molecular flexibility index (Phi) is 10.5. The van der Waals surface area contributed by atoms with Crippen LogP contribution in [0.1, 0.15) is 45.4 Å². The molecule has 0 aliphatic carbocycles. The second-order valence-corrected chi connectivity index (χ2v) is 4.74. The van der Waals surface area contributed by atoms with Crippen molar-refractivity contribution >= 4 is 5.97 Å². The Labute approximate surface area is 126 Å². The zero-order valence-electron chi connectivity index (χ0n) is 12.0. The predicted molar refractivity (Wildman–Crippen MR) is 69.9 cm³/mol. The first-order chi connectivity index (χ1) is 8.72. The van der Waals surface area contributed by atoms with Crippen LogP contribution in [0.2, 0.25) is 0 Å². The molecule has 1 rings (SSSR count). The van der Waals surface area contributed by atoms with E-state index in [2.05, 4.69) is 6.92 Å². The number of nitrogens with zero attached hydrogens (tertiary/aromatic N) is 2. The quantitative estimate of drug-likeness (QED) is 0.338. The van der Waals surface area contributed by atoms with E-state index in [9.17, 15) is 4.79 Å². The highest BCUT2D eigenvalue weighted by atomic mass is 79.9. The number of hydrogen-bond donors (Lipinski definition) is 0.